The quantitative estimate of drug-likeness (QED) is 0.642. The van der Waals surface area contributed by atoms with Crippen molar-refractivity contribution in [3.8, 4) is 0 Å². The Hall–Kier alpha value is -1.18. The van der Waals surface area contributed by atoms with Gasteiger partial charge in [0.05, 0.1) is 29.7 Å². The highest BCUT2D eigenvalue weighted by atomic mass is 35.5. The van der Waals surface area contributed by atoms with E-state index in [0.717, 1.165) is 10.7 Å². The SMILES string of the molecule is NC(=O)CN(CCc1nc(CCl)cs1)CC(N)=O. The van der Waals surface area contributed by atoms with E-state index in [4.69, 9.17) is 23.1 Å². The number of carbonyl (C=O) groups is 2. The van der Waals surface area contributed by atoms with Gasteiger partial charge in [-0.15, -0.1) is 22.9 Å². The van der Waals surface area contributed by atoms with Gasteiger partial charge in [-0.2, -0.15) is 0 Å². The molecular formula is C10H15ClN4O2S. The maximum absolute atomic E-state index is 10.9. The summed E-state index contributed by atoms with van der Waals surface area (Å²) in [7, 11) is 0. The highest BCUT2D eigenvalue weighted by Gasteiger charge is 2.12. The number of thiazole rings is 1. The van der Waals surface area contributed by atoms with Crippen LogP contribution in [0.25, 0.3) is 0 Å². The van der Waals surface area contributed by atoms with Crippen LogP contribution >= 0.6 is 22.9 Å². The molecule has 0 unspecified atom stereocenters. The van der Waals surface area contributed by atoms with Gasteiger partial charge in [-0.3, -0.25) is 14.5 Å². The second-order valence-corrected chi connectivity index (χ2v) is 4.97. The number of alkyl halides is 1. The number of halogens is 1. The van der Waals surface area contributed by atoms with Gasteiger partial charge in [0, 0.05) is 18.3 Å². The van der Waals surface area contributed by atoms with E-state index in [-0.39, 0.29) is 13.1 Å². The lowest BCUT2D eigenvalue weighted by molar-refractivity contribution is -0.121. The van der Waals surface area contributed by atoms with Crippen molar-refractivity contribution in [3.05, 3.63) is 16.1 Å². The van der Waals surface area contributed by atoms with Crippen molar-refractivity contribution in [2.45, 2.75) is 12.3 Å². The van der Waals surface area contributed by atoms with E-state index in [9.17, 15) is 9.59 Å². The minimum atomic E-state index is -0.489. The summed E-state index contributed by atoms with van der Waals surface area (Å²) in [5.74, 6) is -0.600. The van der Waals surface area contributed by atoms with Crippen LogP contribution in [-0.4, -0.2) is 41.3 Å². The maximum atomic E-state index is 10.9. The molecule has 0 fully saturated rings. The zero-order valence-electron chi connectivity index (χ0n) is 9.76. The summed E-state index contributed by atoms with van der Waals surface area (Å²) in [4.78, 5) is 27.6. The van der Waals surface area contributed by atoms with Crippen LogP contribution in [0.3, 0.4) is 0 Å². The molecule has 18 heavy (non-hydrogen) atoms. The van der Waals surface area contributed by atoms with E-state index < -0.39 is 11.8 Å². The Bertz CT molecular complexity index is 408. The smallest absolute Gasteiger partial charge is 0.231 e. The van der Waals surface area contributed by atoms with Gasteiger partial charge < -0.3 is 11.5 Å². The van der Waals surface area contributed by atoms with E-state index in [1.54, 1.807) is 4.90 Å². The van der Waals surface area contributed by atoms with Crippen LogP contribution in [0.15, 0.2) is 5.38 Å². The molecule has 0 aliphatic rings. The molecule has 0 aromatic carbocycles. The van der Waals surface area contributed by atoms with E-state index >= 15 is 0 Å². The number of nitrogens with zero attached hydrogens (tertiary/aromatic N) is 2. The number of nitrogens with two attached hydrogens (primary N) is 2. The van der Waals surface area contributed by atoms with Crippen LogP contribution in [0.5, 0.6) is 0 Å². The van der Waals surface area contributed by atoms with Crippen molar-refractivity contribution >= 4 is 34.8 Å². The van der Waals surface area contributed by atoms with Crippen LogP contribution in [0.1, 0.15) is 10.7 Å². The third-order valence-electron chi connectivity index (χ3n) is 2.14. The van der Waals surface area contributed by atoms with Crippen molar-refractivity contribution in [2.75, 3.05) is 19.6 Å². The zero-order chi connectivity index (χ0) is 13.5. The van der Waals surface area contributed by atoms with E-state index in [2.05, 4.69) is 4.98 Å². The molecule has 1 rings (SSSR count). The molecular weight excluding hydrogens is 276 g/mol. The Morgan fingerprint density at radius 3 is 2.39 bits per heavy atom. The van der Waals surface area contributed by atoms with Gasteiger partial charge in [-0.1, -0.05) is 0 Å². The lowest BCUT2D eigenvalue weighted by atomic mass is 10.3. The first-order valence-electron chi connectivity index (χ1n) is 5.29. The highest BCUT2D eigenvalue weighted by Crippen LogP contribution is 2.12. The fourth-order valence-corrected chi connectivity index (χ4v) is 2.45. The van der Waals surface area contributed by atoms with E-state index in [1.807, 2.05) is 5.38 Å². The minimum Gasteiger partial charge on any atom is -0.369 e. The summed E-state index contributed by atoms with van der Waals surface area (Å²) in [5.41, 5.74) is 11.0. The van der Waals surface area contributed by atoms with Gasteiger partial charge in [-0.25, -0.2) is 4.98 Å². The van der Waals surface area contributed by atoms with Crippen molar-refractivity contribution in [3.63, 3.8) is 0 Å². The van der Waals surface area contributed by atoms with Crippen molar-refractivity contribution < 1.29 is 9.59 Å². The molecule has 1 aromatic heterocycles. The largest absolute Gasteiger partial charge is 0.369 e. The van der Waals surface area contributed by atoms with Gasteiger partial charge in [0.15, 0.2) is 0 Å². The topological polar surface area (TPSA) is 102 Å². The predicted molar refractivity (Wildman–Crippen MR) is 70.2 cm³/mol. The third kappa shape index (κ3) is 5.44. The standard InChI is InChI=1S/C10H15ClN4O2S/c11-3-7-6-18-10(14-7)1-2-15(4-8(12)16)5-9(13)17/h6H,1-5H2,(H2,12,16)(H2,13,17). The van der Waals surface area contributed by atoms with Gasteiger partial charge in [-0.05, 0) is 0 Å². The van der Waals surface area contributed by atoms with Gasteiger partial charge in [0.25, 0.3) is 0 Å². The monoisotopic (exact) mass is 290 g/mol. The number of hydrogen-bond donors (Lipinski definition) is 2. The summed E-state index contributed by atoms with van der Waals surface area (Å²) in [6.07, 6.45) is 0.627. The molecule has 4 N–H and O–H groups in total. The molecule has 2 amide bonds. The first kappa shape index (κ1) is 14.9. The predicted octanol–water partition coefficient (Wildman–Crippen LogP) is -0.303. The molecule has 0 spiro atoms. The molecule has 8 heteroatoms. The Morgan fingerprint density at radius 2 is 1.94 bits per heavy atom. The van der Waals surface area contributed by atoms with Crippen LogP contribution in [0.2, 0.25) is 0 Å². The molecule has 100 valence electrons. The lowest BCUT2D eigenvalue weighted by Gasteiger charge is -2.17. The average molecular weight is 291 g/mol. The number of primary amides is 2. The lowest BCUT2D eigenvalue weighted by Crippen LogP contribution is -2.40. The first-order chi connectivity index (χ1) is 8.51. The molecule has 6 nitrogen and oxygen atoms in total. The van der Waals surface area contributed by atoms with Crippen LogP contribution in [0.4, 0.5) is 0 Å². The highest BCUT2D eigenvalue weighted by molar-refractivity contribution is 7.09. The molecule has 0 saturated heterocycles. The molecule has 1 heterocycles. The van der Waals surface area contributed by atoms with Gasteiger partial charge >= 0.3 is 0 Å². The molecule has 0 atom stereocenters. The van der Waals surface area contributed by atoms with Crippen molar-refractivity contribution in [1.29, 1.82) is 0 Å². The Kier molecular flexibility index (Phi) is 6.03. The molecule has 0 bridgehead atoms. The Morgan fingerprint density at radius 1 is 1.33 bits per heavy atom. The molecule has 0 radical (unpaired) electrons. The minimum absolute atomic E-state index is 0.0106. The van der Waals surface area contributed by atoms with Crippen LogP contribution in [0, 0.1) is 0 Å². The second kappa shape index (κ2) is 7.30. The molecule has 0 aliphatic heterocycles. The van der Waals surface area contributed by atoms with Crippen LogP contribution in [-0.2, 0) is 21.9 Å². The molecule has 0 saturated carbocycles. The van der Waals surface area contributed by atoms with Crippen molar-refractivity contribution in [1.82, 2.24) is 9.88 Å². The van der Waals surface area contributed by atoms with Gasteiger partial charge in [0.1, 0.15) is 0 Å². The fourth-order valence-electron chi connectivity index (χ4n) is 1.43. The van der Waals surface area contributed by atoms with Crippen LogP contribution < -0.4 is 11.5 Å². The number of amides is 2. The molecule has 0 aliphatic carbocycles. The second-order valence-electron chi connectivity index (χ2n) is 3.76. The van der Waals surface area contributed by atoms with Gasteiger partial charge in [0.2, 0.25) is 11.8 Å². The van der Waals surface area contributed by atoms with E-state index in [1.165, 1.54) is 11.3 Å². The number of hydrogen-bond acceptors (Lipinski definition) is 5. The Balaban J connectivity index is 2.49. The average Bonchev–Trinajstić information content (AvgIpc) is 2.72. The number of carbonyl (C=O) groups excluding carboxylic acids is 2. The molecule has 1 aromatic rings. The first-order valence-corrected chi connectivity index (χ1v) is 6.71. The third-order valence-corrected chi connectivity index (χ3v) is 3.37. The number of rotatable bonds is 8. The van der Waals surface area contributed by atoms with Crippen molar-refractivity contribution in [2.24, 2.45) is 11.5 Å². The maximum Gasteiger partial charge on any atom is 0.231 e. The summed E-state index contributed by atoms with van der Waals surface area (Å²) < 4.78 is 0. The summed E-state index contributed by atoms with van der Waals surface area (Å²) in [6, 6.07) is 0. The van der Waals surface area contributed by atoms with E-state index in [0.29, 0.717) is 18.8 Å². The number of aromatic nitrogens is 1. The summed E-state index contributed by atoms with van der Waals surface area (Å²) in [6.45, 7) is 0.522. The normalized spacial score (nSPS) is 10.8. The summed E-state index contributed by atoms with van der Waals surface area (Å²) >= 11 is 7.15. The summed E-state index contributed by atoms with van der Waals surface area (Å²) in [5, 5.41) is 2.79. The Labute approximate surface area is 114 Å². The fraction of sp³-hybridized carbons (Fsp3) is 0.500. The zero-order valence-corrected chi connectivity index (χ0v) is 11.3.